The minimum Gasteiger partial charge on any atom is -0.330 e. The third kappa shape index (κ3) is 4.46. The number of benzene rings is 2. The smallest absolute Gasteiger partial charge is 0.259 e. The van der Waals surface area contributed by atoms with E-state index in [-0.39, 0.29) is 35.7 Å². The number of hydrogen-bond donors (Lipinski definition) is 3. The van der Waals surface area contributed by atoms with Crippen LogP contribution in [0.3, 0.4) is 0 Å². The molecule has 4 aliphatic carbocycles. The fourth-order valence-electron chi connectivity index (χ4n) is 9.38. The van der Waals surface area contributed by atoms with Gasteiger partial charge in [0.05, 0.1) is 5.69 Å². The van der Waals surface area contributed by atoms with E-state index >= 15 is 0 Å². The first-order valence-electron chi connectivity index (χ1n) is 15.7. The van der Waals surface area contributed by atoms with Crippen LogP contribution < -0.4 is 21.3 Å². The number of hydrogen-bond acceptors (Lipinski definition) is 5. The van der Waals surface area contributed by atoms with Gasteiger partial charge in [-0.25, -0.2) is 0 Å². The predicted octanol–water partition coefficient (Wildman–Crippen LogP) is 5.11. The molecule has 8 rings (SSSR count). The molecule has 0 radical (unpaired) electrons. The van der Waals surface area contributed by atoms with Crippen molar-refractivity contribution < 1.29 is 14.4 Å². The summed E-state index contributed by atoms with van der Waals surface area (Å²) in [5.41, 5.74) is 8.72. The topological polar surface area (TPSA) is 105 Å². The van der Waals surface area contributed by atoms with Crippen LogP contribution in [0, 0.1) is 17.8 Å². The molecule has 7 heteroatoms. The fraction of sp³-hybridized carbons (Fsp3) is 0.606. The van der Waals surface area contributed by atoms with Gasteiger partial charge >= 0.3 is 0 Å². The van der Waals surface area contributed by atoms with Gasteiger partial charge in [0.15, 0.2) is 0 Å². The number of nitrogens with two attached hydrogens (primary N) is 1. The zero-order chi connectivity index (χ0) is 27.4. The minimum absolute atomic E-state index is 0.139. The molecule has 5 fully saturated rings. The van der Waals surface area contributed by atoms with Gasteiger partial charge in [0.25, 0.3) is 5.91 Å². The van der Waals surface area contributed by atoms with Crippen LogP contribution in [0.15, 0.2) is 30.3 Å². The van der Waals surface area contributed by atoms with E-state index in [1.807, 2.05) is 12.1 Å². The Morgan fingerprint density at radius 2 is 1.68 bits per heavy atom. The maximum Gasteiger partial charge on any atom is 0.259 e. The van der Waals surface area contributed by atoms with Crippen LogP contribution >= 0.6 is 0 Å². The van der Waals surface area contributed by atoms with Crippen molar-refractivity contribution in [1.82, 2.24) is 10.6 Å². The quantitative estimate of drug-likeness (QED) is 0.286. The average molecular weight is 543 g/mol. The van der Waals surface area contributed by atoms with Crippen molar-refractivity contribution in [2.24, 2.45) is 23.5 Å². The first-order chi connectivity index (χ1) is 19.4. The van der Waals surface area contributed by atoms with Crippen LogP contribution in [0.2, 0.25) is 0 Å². The maximum atomic E-state index is 13.7. The standard InChI is InChI=1S/C33H42N4O3/c34-13-4-2-1-3-8-26(36-33-17-20-14-21(18-33)16-22(15-20)19-33)23-9-10-27-30-24(23)6-5-7-25(30)32(40)37(27)28-11-12-29(38)35-31(28)39/h5-7,9-10,20-22,26,28,36H,1-4,8,11-19,34H2,(H,35,38,39). The number of nitrogens with zero attached hydrogens (tertiary/aromatic N) is 1. The van der Waals surface area contributed by atoms with Crippen molar-refractivity contribution >= 4 is 34.2 Å². The van der Waals surface area contributed by atoms with Gasteiger partial charge in [0.2, 0.25) is 11.8 Å². The second-order valence-corrected chi connectivity index (χ2v) is 13.4. The third-order valence-corrected chi connectivity index (χ3v) is 10.6. The molecule has 2 heterocycles. The van der Waals surface area contributed by atoms with E-state index in [0.717, 1.165) is 60.0 Å². The summed E-state index contributed by atoms with van der Waals surface area (Å²) in [6, 6.07) is 9.85. The average Bonchev–Trinajstić information content (AvgIpc) is 3.20. The van der Waals surface area contributed by atoms with E-state index in [0.29, 0.717) is 12.0 Å². The Morgan fingerprint density at radius 3 is 2.38 bits per heavy atom. The van der Waals surface area contributed by atoms with Crippen LogP contribution in [0.4, 0.5) is 5.69 Å². The predicted molar refractivity (Wildman–Crippen MR) is 156 cm³/mol. The molecule has 7 nitrogen and oxygen atoms in total. The van der Waals surface area contributed by atoms with E-state index in [4.69, 9.17) is 5.73 Å². The summed E-state index contributed by atoms with van der Waals surface area (Å²) in [5, 5.41) is 8.80. The van der Waals surface area contributed by atoms with E-state index in [1.165, 1.54) is 56.9 Å². The zero-order valence-electron chi connectivity index (χ0n) is 23.4. The first kappa shape index (κ1) is 26.1. The molecule has 4 N–H and O–H groups in total. The molecule has 0 spiro atoms. The number of unbranched alkanes of at least 4 members (excludes halogenated alkanes) is 3. The van der Waals surface area contributed by atoms with Crippen LogP contribution in [0.1, 0.15) is 105 Å². The number of rotatable bonds is 10. The number of piperidine rings is 1. The van der Waals surface area contributed by atoms with Gasteiger partial charge in [-0.15, -0.1) is 0 Å². The number of nitrogens with one attached hydrogen (secondary N) is 2. The fourth-order valence-corrected chi connectivity index (χ4v) is 9.38. The van der Waals surface area contributed by atoms with Crippen LogP contribution in [-0.2, 0) is 9.59 Å². The van der Waals surface area contributed by atoms with Crippen LogP contribution in [-0.4, -0.2) is 35.8 Å². The molecule has 4 saturated carbocycles. The number of anilines is 1. The zero-order valence-corrected chi connectivity index (χ0v) is 23.4. The molecule has 2 aliphatic heterocycles. The number of amides is 3. The molecule has 212 valence electrons. The molecule has 6 aliphatic rings. The second-order valence-electron chi connectivity index (χ2n) is 13.4. The molecule has 1 saturated heterocycles. The lowest BCUT2D eigenvalue weighted by Crippen LogP contribution is -2.59. The van der Waals surface area contributed by atoms with Crippen molar-refractivity contribution in [3.63, 3.8) is 0 Å². The summed E-state index contributed by atoms with van der Waals surface area (Å²) in [6.07, 6.45) is 14.4. The Hall–Kier alpha value is -2.77. The van der Waals surface area contributed by atoms with Crippen molar-refractivity contribution in [1.29, 1.82) is 0 Å². The first-order valence-corrected chi connectivity index (χ1v) is 15.7. The summed E-state index contributed by atoms with van der Waals surface area (Å²) >= 11 is 0. The molecular formula is C33H42N4O3. The molecule has 2 aromatic rings. The summed E-state index contributed by atoms with van der Waals surface area (Å²) < 4.78 is 0. The lowest BCUT2D eigenvalue weighted by molar-refractivity contribution is -0.134. The summed E-state index contributed by atoms with van der Waals surface area (Å²) in [5.74, 6) is 1.83. The van der Waals surface area contributed by atoms with Crippen molar-refractivity contribution in [3.8, 4) is 0 Å². The molecule has 0 aromatic heterocycles. The summed E-state index contributed by atoms with van der Waals surface area (Å²) in [4.78, 5) is 39.9. The van der Waals surface area contributed by atoms with E-state index in [1.54, 1.807) is 4.90 Å². The molecule has 40 heavy (non-hydrogen) atoms. The lowest BCUT2D eigenvalue weighted by Gasteiger charge is -2.58. The second kappa shape index (κ2) is 10.3. The van der Waals surface area contributed by atoms with Gasteiger partial charge in [-0.05, 0) is 105 Å². The minimum atomic E-state index is -0.657. The Labute approximate surface area is 236 Å². The Bertz CT molecular complexity index is 1320. The van der Waals surface area contributed by atoms with Crippen LogP contribution in [0.5, 0.6) is 0 Å². The van der Waals surface area contributed by atoms with E-state index in [9.17, 15) is 14.4 Å². The molecule has 2 aromatic carbocycles. The highest BCUT2D eigenvalue weighted by atomic mass is 16.2. The highest BCUT2D eigenvalue weighted by molar-refractivity contribution is 6.27. The Kier molecular flexibility index (Phi) is 6.70. The van der Waals surface area contributed by atoms with Gasteiger partial charge in [-0.1, -0.05) is 37.5 Å². The van der Waals surface area contributed by atoms with Crippen LogP contribution in [0.25, 0.3) is 10.8 Å². The van der Waals surface area contributed by atoms with Gasteiger partial charge in [0.1, 0.15) is 6.04 Å². The van der Waals surface area contributed by atoms with Crippen molar-refractivity contribution in [3.05, 3.63) is 41.5 Å². The number of carbonyl (C=O) groups is 3. The highest BCUT2D eigenvalue weighted by Crippen LogP contribution is 2.56. The van der Waals surface area contributed by atoms with E-state index in [2.05, 4.69) is 28.8 Å². The number of imide groups is 1. The van der Waals surface area contributed by atoms with E-state index < -0.39 is 6.04 Å². The van der Waals surface area contributed by atoms with Gasteiger partial charge < -0.3 is 11.1 Å². The van der Waals surface area contributed by atoms with Gasteiger partial charge in [-0.3, -0.25) is 24.6 Å². The van der Waals surface area contributed by atoms with Gasteiger partial charge in [-0.2, -0.15) is 0 Å². The molecule has 2 atom stereocenters. The largest absolute Gasteiger partial charge is 0.330 e. The normalized spacial score (nSPS) is 31.3. The monoisotopic (exact) mass is 542 g/mol. The summed E-state index contributed by atoms with van der Waals surface area (Å²) in [6.45, 7) is 0.752. The van der Waals surface area contributed by atoms with Crippen molar-refractivity contribution in [2.75, 3.05) is 11.4 Å². The lowest BCUT2D eigenvalue weighted by atomic mass is 9.53. The number of carbonyl (C=O) groups excluding carboxylic acids is 3. The summed E-state index contributed by atoms with van der Waals surface area (Å²) in [7, 11) is 0. The van der Waals surface area contributed by atoms with Gasteiger partial charge in [0, 0.05) is 29.0 Å². The van der Waals surface area contributed by atoms with Crippen molar-refractivity contribution in [2.45, 2.75) is 101 Å². The highest BCUT2D eigenvalue weighted by Gasteiger charge is 2.51. The molecular weight excluding hydrogens is 500 g/mol. The Balaban J connectivity index is 1.24. The Morgan fingerprint density at radius 1 is 0.950 bits per heavy atom. The molecule has 4 bridgehead atoms. The molecule has 2 unspecified atom stereocenters. The molecule has 3 amide bonds. The maximum absolute atomic E-state index is 13.7. The third-order valence-electron chi connectivity index (χ3n) is 10.6. The SMILES string of the molecule is NCCCCCCC(NC12CC3CC(CC(C3)C1)C2)c1ccc2c3c(cccc13)C(=O)N2C1CCC(=O)NC1=O.